The number of hydrogen-bond donors (Lipinski definition) is 1. The second-order valence-corrected chi connectivity index (χ2v) is 7.52. The molecule has 106 valence electrons. The van der Waals surface area contributed by atoms with Crippen molar-refractivity contribution in [3.8, 4) is 0 Å². The Morgan fingerprint density at radius 1 is 1.47 bits per heavy atom. The van der Waals surface area contributed by atoms with Crippen molar-refractivity contribution < 1.29 is 0 Å². The minimum atomic E-state index is 0.415. The molecule has 1 aliphatic carbocycles. The van der Waals surface area contributed by atoms with Crippen molar-refractivity contribution in [3.63, 3.8) is 0 Å². The van der Waals surface area contributed by atoms with Crippen molar-refractivity contribution in [1.29, 1.82) is 0 Å². The summed E-state index contributed by atoms with van der Waals surface area (Å²) in [5.74, 6) is 0. The highest BCUT2D eigenvalue weighted by Gasteiger charge is 2.40. The van der Waals surface area contributed by atoms with E-state index in [1.807, 2.05) is 17.5 Å². The number of thiazole rings is 1. The van der Waals surface area contributed by atoms with Crippen LogP contribution in [0.1, 0.15) is 48.9 Å². The fourth-order valence-electron chi connectivity index (χ4n) is 3.66. The summed E-state index contributed by atoms with van der Waals surface area (Å²) in [6.07, 6.45) is 8.75. The topological polar surface area (TPSA) is 28.2 Å². The Labute approximate surface area is 120 Å². The number of piperazine rings is 1. The lowest BCUT2D eigenvalue weighted by Gasteiger charge is -2.46. The Balaban J connectivity index is 1.71. The monoisotopic (exact) mass is 279 g/mol. The molecule has 0 amide bonds. The van der Waals surface area contributed by atoms with E-state index in [1.54, 1.807) is 0 Å². The van der Waals surface area contributed by atoms with Gasteiger partial charge in [-0.1, -0.05) is 19.8 Å². The predicted octanol–water partition coefficient (Wildman–Crippen LogP) is 2.95. The average molecular weight is 279 g/mol. The van der Waals surface area contributed by atoms with Crippen LogP contribution in [0.25, 0.3) is 0 Å². The van der Waals surface area contributed by atoms with Gasteiger partial charge in [0, 0.05) is 35.7 Å². The van der Waals surface area contributed by atoms with Gasteiger partial charge >= 0.3 is 0 Å². The molecule has 1 aliphatic heterocycles. The molecule has 0 radical (unpaired) electrons. The van der Waals surface area contributed by atoms with Crippen LogP contribution in [-0.2, 0) is 6.54 Å². The predicted molar refractivity (Wildman–Crippen MR) is 80.5 cm³/mol. The molecule has 2 heterocycles. The summed E-state index contributed by atoms with van der Waals surface area (Å²) < 4.78 is 0. The van der Waals surface area contributed by atoms with Gasteiger partial charge in [0.1, 0.15) is 5.01 Å². The summed E-state index contributed by atoms with van der Waals surface area (Å²) in [5.41, 5.74) is 0.415. The third kappa shape index (κ3) is 2.86. The smallest absolute Gasteiger partial charge is 0.107 e. The normalized spacial score (nSPS) is 27.2. The van der Waals surface area contributed by atoms with Crippen molar-refractivity contribution in [2.24, 2.45) is 0 Å². The first-order valence-electron chi connectivity index (χ1n) is 7.61. The number of nitrogens with zero attached hydrogens (tertiary/aromatic N) is 2. The van der Waals surface area contributed by atoms with Gasteiger partial charge in [0.15, 0.2) is 0 Å². The van der Waals surface area contributed by atoms with Gasteiger partial charge in [0.25, 0.3) is 0 Å². The second-order valence-electron chi connectivity index (χ2n) is 6.20. The summed E-state index contributed by atoms with van der Waals surface area (Å²) in [5, 5.41) is 5.14. The fraction of sp³-hybridized carbons (Fsp3) is 0.800. The molecule has 3 nitrogen and oxygen atoms in total. The number of aryl methyl sites for hydroxylation is 1. The van der Waals surface area contributed by atoms with E-state index in [-0.39, 0.29) is 0 Å². The molecule has 1 saturated carbocycles. The summed E-state index contributed by atoms with van der Waals surface area (Å²) in [4.78, 5) is 8.56. The van der Waals surface area contributed by atoms with Crippen LogP contribution in [0.15, 0.2) is 6.20 Å². The lowest BCUT2D eigenvalue weighted by Crippen LogP contribution is -2.62. The van der Waals surface area contributed by atoms with E-state index in [9.17, 15) is 0 Å². The van der Waals surface area contributed by atoms with E-state index in [0.717, 1.165) is 13.1 Å². The van der Waals surface area contributed by atoms with E-state index < -0.39 is 0 Å². The zero-order valence-electron chi connectivity index (χ0n) is 12.1. The molecular weight excluding hydrogens is 254 g/mol. The van der Waals surface area contributed by atoms with Crippen LogP contribution < -0.4 is 5.32 Å². The van der Waals surface area contributed by atoms with Crippen molar-refractivity contribution in [1.82, 2.24) is 15.2 Å². The number of nitrogens with one attached hydrogen (secondary N) is 1. The van der Waals surface area contributed by atoms with Gasteiger partial charge in [-0.2, -0.15) is 0 Å². The first kappa shape index (κ1) is 13.5. The lowest BCUT2D eigenvalue weighted by atomic mass is 9.91. The molecule has 2 aliphatic rings. The quantitative estimate of drug-likeness (QED) is 0.922. The molecule has 0 aromatic carbocycles. The highest BCUT2D eigenvalue weighted by Crippen LogP contribution is 2.34. The third-order valence-electron chi connectivity index (χ3n) is 4.77. The first-order valence-corrected chi connectivity index (χ1v) is 8.43. The zero-order valence-corrected chi connectivity index (χ0v) is 12.9. The second kappa shape index (κ2) is 5.51. The minimum absolute atomic E-state index is 0.415. The van der Waals surface area contributed by atoms with E-state index in [2.05, 4.69) is 29.0 Å². The van der Waals surface area contributed by atoms with Gasteiger partial charge in [-0.15, -0.1) is 11.3 Å². The molecule has 0 bridgehead atoms. The molecule has 1 aromatic heterocycles. The van der Waals surface area contributed by atoms with Crippen molar-refractivity contribution >= 4 is 11.3 Å². The van der Waals surface area contributed by atoms with Crippen LogP contribution in [0.3, 0.4) is 0 Å². The van der Waals surface area contributed by atoms with Crippen LogP contribution in [0.2, 0.25) is 0 Å². The van der Waals surface area contributed by atoms with Gasteiger partial charge in [0.05, 0.1) is 6.54 Å². The van der Waals surface area contributed by atoms with Crippen molar-refractivity contribution in [2.75, 3.05) is 13.1 Å². The standard InChI is InChI=1S/C15H25N3S/c1-3-13-9-17-15(6-4-5-7-15)11-18(13)10-14-16-8-12(2)19-14/h8,13,17H,3-7,9-11H2,1-2H3. The fourth-order valence-corrected chi connectivity index (χ4v) is 4.47. The lowest BCUT2D eigenvalue weighted by molar-refractivity contribution is 0.0717. The highest BCUT2D eigenvalue weighted by atomic mass is 32.1. The summed E-state index contributed by atoms with van der Waals surface area (Å²) in [7, 11) is 0. The van der Waals surface area contributed by atoms with Crippen LogP contribution >= 0.6 is 11.3 Å². The van der Waals surface area contributed by atoms with E-state index in [1.165, 1.54) is 48.5 Å². The van der Waals surface area contributed by atoms with Crippen LogP contribution in [0.5, 0.6) is 0 Å². The molecule has 2 fully saturated rings. The molecule has 1 saturated heterocycles. The minimum Gasteiger partial charge on any atom is -0.308 e. The Morgan fingerprint density at radius 3 is 2.89 bits per heavy atom. The van der Waals surface area contributed by atoms with Gasteiger partial charge < -0.3 is 5.32 Å². The average Bonchev–Trinajstić information content (AvgIpc) is 3.00. The number of rotatable bonds is 3. The van der Waals surface area contributed by atoms with E-state index in [0.29, 0.717) is 11.6 Å². The Kier molecular flexibility index (Phi) is 3.92. The van der Waals surface area contributed by atoms with Gasteiger partial charge in [-0.05, 0) is 26.2 Å². The molecule has 1 spiro atoms. The van der Waals surface area contributed by atoms with Gasteiger partial charge in [-0.3, -0.25) is 4.90 Å². The molecule has 1 unspecified atom stereocenters. The van der Waals surface area contributed by atoms with Crippen molar-refractivity contribution in [2.45, 2.75) is 64.1 Å². The van der Waals surface area contributed by atoms with E-state index in [4.69, 9.17) is 0 Å². The maximum atomic E-state index is 4.55. The SMILES string of the molecule is CCC1CNC2(CCCC2)CN1Cc1ncc(C)s1. The zero-order chi connectivity index (χ0) is 13.3. The molecule has 3 rings (SSSR count). The summed E-state index contributed by atoms with van der Waals surface area (Å²) in [6.45, 7) is 7.86. The summed E-state index contributed by atoms with van der Waals surface area (Å²) in [6, 6.07) is 0.676. The first-order chi connectivity index (χ1) is 9.21. The maximum Gasteiger partial charge on any atom is 0.107 e. The van der Waals surface area contributed by atoms with E-state index >= 15 is 0 Å². The molecule has 4 heteroatoms. The van der Waals surface area contributed by atoms with Crippen LogP contribution in [-0.4, -0.2) is 34.6 Å². The Morgan fingerprint density at radius 2 is 2.26 bits per heavy atom. The summed E-state index contributed by atoms with van der Waals surface area (Å²) >= 11 is 1.85. The molecular formula is C15H25N3S. The number of aromatic nitrogens is 1. The largest absolute Gasteiger partial charge is 0.308 e. The molecule has 1 atom stereocenters. The Bertz CT molecular complexity index is 423. The maximum absolute atomic E-state index is 4.55. The third-order valence-corrected chi connectivity index (χ3v) is 5.67. The van der Waals surface area contributed by atoms with Crippen LogP contribution in [0, 0.1) is 6.92 Å². The van der Waals surface area contributed by atoms with Crippen LogP contribution in [0.4, 0.5) is 0 Å². The molecule has 1 N–H and O–H groups in total. The highest BCUT2D eigenvalue weighted by molar-refractivity contribution is 7.11. The van der Waals surface area contributed by atoms with Crippen molar-refractivity contribution in [3.05, 3.63) is 16.1 Å². The molecule has 1 aromatic rings. The van der Waals surface area contributed by atoms with Gasteiger partial charge in [0.2, 0.25) is 0 Å². The molecule has 19 heavy (non-hydrogen) atoms. The number of hydrogen-bond acceptors (Lipinski definition) is 4. The van der Waals surface area contributed by atoms with Gasteiger partial charge in [-0.25, -0.2) is 4.98 Å². The Hall–Kier alpha value is -0.450.